The maximum Gasteiger partial charge on any atom is 0.413 e. The van der Waals surface area contributed by atoms with Gasteiger partial charge < -0.3 is 14.7 Å². The van der Waals surface area contributed by atoms with Gasteiger partial charge >= 0.3 is 12.1 Å². The standard InChI is InChI=1S/C25H25N3O5S/c1-15(23(30)31)28(2)22(29)12-11-16-13-26-24(34-16)27-25(32)33-14-21-19-9-5-3-7-17(19)18-8-4-6-10-20(18)21/h3-10,13,15,21H,11-12,14H2,1-2H3,(H,30,31)(H,26,27,32). The van der Waals surface area contributed by atoms with Gasteiger partial charge in [-0.25, -0.2) is 14.6 Å². The highest BCUT2D eigenvalue weighted by Gasteiger charge is 2.29. The van der Waals surface area contributed by atoms with Crippen molar-refractivity contribution in [1.29, 1.82) is 0 Å². The van der Waals surface area contributed by atoms with E-state index in [0.29, 0.717) is 11.6 Å². The third-order valence-corrected chi connectivity index (χ3v) is 7.00. The first-order chi connectivity index (χ1) is 16.3. The van der Waals surface area contributed by atoms with Crippen LogP contribution in [0.25, 0.3) is 11.1 Å². The van der Waals surface area contributed by atoms with Crippen LogP contribution in [0.5, 0.6) is 0 Å². The van der Waals surface area contributed by atoms with Crippen LogP contribution < -0.4 is 5.32 Å². The molecule has 2 N–H and O–H groups in total. The molecule has 2 amide bonds. The number of anilines is 1. The van der Waals surface area contributed by atoms with E-state index in [0.717, 1.165) is 27.1 Å². The topological polar surface area (TPSA) is 109 Å². The molecular weight excluding hydrogens is 454 g/mol. The number of ether oxygens (including phenoxy) is 1. The molecule has 0 bridgehead atoms. The highest BCUT2D eigenvalue weighted by molar-refractivity contribution is 7.15. The average molecular weight is 480 g/mol. The number of hydrogen-bond donors (Lipinski definition) is 2. The summed E-state index contributed by atoms with van der Waals surface area (Å²) in [5.74, 6) is -1.35. The van der Waals surface area contributed by atoms with Gasteiger partial charge in [0, 0.05) is 30.5 Å². The number of amides is 2. The summed E-state index contributed by atoms with van der Waals surface area (Å²) in [7, 11) is 1.47. The Hall–Kier alpha value is -3.72. The number of aliphatic carboxylic acids is 1. The van der Waals surface area contributed by atoms with Gasteiger partial charge in [-0.15, -0.1) is 11.3 Å². The van der Waals surface area contributed by atoms with Gasteiger partial charge in [-0.3, -0.25) is 10.1 Å². The Labute approximate surface area is 201 Å². The van der Waals surface area contributed by atoms with E-state index in [4.69, 9.17) is 9.84 Å². The van der Waals surface area contributed by atoms with Crippen molar-refractivity contribution in [1.82, 2.24) is 9.88 Å². The number of likely N-dealkylation sites (N-methyl/N-ethyl adjacent to an activating group) is 1. The van der Waals surface area contributed by atoms with E-state index >= 15 is 0 Å². The molecule has 0 aliphatic heterocycles. The molecule has 0 radical (unpaired) electrons. The first-order valence-corrected chi connectivity index (χ1v) is 11.7. The smallest absolute Gasteiger partial charge is 0.413 e. The maximum absolute atomic E-state index is 12.4. The Morgan fingerprint density at radius 2 is 1.74 bits per heavy atom. The summed E-state index contributed by atoms with van der Waals surface area (Å²) in [4.78, 5) is 41.8. The van der Waals surface area contributed by atoms with Crippen LogP contribution in [0.4, 0.5) is 9.93 Å². The number of aromatic nitrogens is 1. The van der Waals surface area contributed by atoms with Crippen molar-refractivity contribution < 1.29 is 24.2 Å². The molecule has 1 heterocycles. The Balaban J connectivity index is 1.30. The fourth-order valence-electron chi connectivity index (χ4n) is 3.99. The maximum atomic E-state index is 12.4. The summed E-state index contributed by atoms with van der Waals surface area (Å²) in [5, 5.41) is 12.1. The molecule has 3 aromatic rings. The molecule has 9 heteroatoms. The number of thiazole rings is 1. The van der Waals surface area contributed by atoms with Crippen LogP contribution in [0.1, 0.15) is 35.3 Å². The number of rotatable bonds is 8. The van der Waals surface area contributed by atoms with Gasteiger partial charge in [-0.05, 0) is 35.6 Å². The Morgan fingerprint density at radius 1 is 1.12 bits per heavy atom. The number of nitrogens with zero attached hydrogens (tertiary/aromatic N) is 2. The number of nitrogens with one attached hydrogen (secondary N) is 1. The molecule has 1 aliphatic carbocycles. The number of hydrogen-bond acceptors (Lipinski definition) is 6. The lowest BCUT2D eigenvalue weighted by atomic mass is 9.98. The largest absolute Gasteiger partial charge is 0.480 e. The third kappa shape index (κ3) is 4.94. The summed E-state index contributed by atoms with van der Waals surface area (Å²) < 4.78 is 5.53. The zero-order chi connectivity index (χ0) is 24.2. The fourth-order valence-corrected chi connectivity index (χ4v) is 4.79. The molecule has 1 atom stereocenters. The molecule has 0 saturated carbocycles. The second-order valence-corrected chi connectivity index (χ2v) is 9.22. The van der Waals surface area contributed by atoms with Crippen LogP contribution in [0.3, 0.4) is 0 Å². The molecule has 0 saturated heterocycles. The van der Waals surface area contributed by atoms with Crippen molar-refractivity contribution in [2.75, 3.05) is 19.0 Å². The Morgan fingerprint density at radius 3 is 2.35 bits per heavy atom. The number of carbonyl (C=O) groups is 3. The number of fused-ring (bicyclic) bond motifs is 3. The average Bonchev–Trinajstić information content (AvgIpc) is 3.42. The van der Waals surface area contributed by atoms with E-state index in [1.54, 1.807) is 6.20 Å². The number of carboxylic acid groups (broad SMARTS) is 1. The molecule has 4 rings (SSSR count). The van der Waals surface area contributed by atoms with Crippen LogP contribution in [-0.4, -0.2) is 52.7 Å². The molecule has 0 spiro atoms. The van der Waals surface area contributed by atoms with E-state index in [1.165, 1.54) is 30.2 Å². The minimum Gasteiger partial charge on any atom is -0.480 e. The van der Waals surface area contributed by atoms with Gasteiger partial charge in [0.15, 0.2) is 5.13 Å². The number of benzene rings is 2. The lowest BCUT2D eigenvalue weighted by molar-refractivity contribution is -0.148. The molecule has 34 heavy (non-hydrogen) atoms. The Kier molecular flexibility index (Phi) is 6.93. The van der Waals surface area contributed by atoms with Gasteiger partial charge in [0.1, 0.15) is 12.6 Å². The van der Waals surface area contributed by atoms with E-state index in [-0.39, 0.29) is 24.9 Å². The van der Waals surface area contributed by atoms with Crippen molar-refractivity contribution >= 4 is 34.4 Å². The van der Waals surface area contributed by atoms with Gasteiger partial charge in [0.2, 0.25) is 5.91 Å². The van der Waals surface area contributed by atoms with Crippen LogP contribution in [0.15, 0.2) is 54.7 Å². The first kappa shape index (κ1) is 23.4. The van der Waals surface area contributed by atoms with Crippen molar-refractivity contribution in [2.24, 2.45) is 0 Å². The second-order valence-electron chi connectivity index (χ2n) is 8.10. The van der Waals surface area contributed by atoms with Crippen LogP contribution in [0.2, 0.25) is 0 Å². The van der Waals surface area contributed by atoms with Crippen molar-refractivity contribution in [3.05, 3.63) is 70.7 Å². The number of aryl methyl sites for hydroxylation is 1. The second kappa shape index (κ2) is 10.0. The fraction of sp³-hybridized carbons (Fsp3) is 0.280. The van der Waals surface area contributed by atoms with Crippen LogP contribution >= 0.6 is 11.3 Å². The van der Waals surface area contributed by atoms with Crippen molar-refractivity contribution in [3.8, 4) is 11.1 Å². The van der Waals surface area contributed by atoms with Crippen molar-refractivity contribution in [2.45, 2.75) is 31.7 Å². The Bertz CT molecular complexity index is 1180. The summed E-state index contributed by atoms with van der Waals surface area (Å²) in [5.41, 5.74) is 4.60. The summed E-state index contributed by atoms with van der Waals surface area (Å²) >= 11 is 1.25. The van der Waals surface area contributed by atoms with E-state index < -0.39 is 18.1 Å². The lowest BCUT2D eigenvalue weighted by Crippen LogP contribution is -2.40. The minimum atomic E-state index is -1.05. The molecule has 1 aliphatic rings. The molecule has 0 fully saturated rings. The van der Waals surface area contributed by atoms with Crippen LogP contribution in [0, 0.1) is 0 Å². The number of carboxylic acids is 1. The molecule has 1 unspecified atom stereocenters. The summed E-state index contributed by atoms with van der Waals surface area (Å²) in [6, 6.07) is 15.4. The summed E-state index contributed by atoms with van der Waals surface area (Å²) in [6.07, 6.45) is 1.56. The predicted octanol–water partition coefficient (Wildman–Crippen LogP) is 4.37. The zero-order valence-electron chi connectivity index (χ0n) is 18.9. The molecule has 176 valence electrons. The highest BCUT2D eigenvalue weighted by Crippen LogP contribution is 2.44. The quantitative estimate of drug-likeness (QED) is 0.497. The zero-order valence-corrected chi connectivity index (χ0v) is 19.7. The SMILES string of the molecule is CC(C(=O)O)N(C)C(=O)CCc1cnc(NC(=O)OCC2c3ccccc3-c3ccccc32)s1. The molecular formula is C25H25N3O5S. The predicted molar refractivity (Wildman–Crippen MR) is 129 cm³/mol. The summed E-state index contributed by atoms with van der Waals surface area (Å²) in [6.45, 7) is 1.67. The third-order valence-electron chi connectivity index (χ3n) is 6.02. The lowest BCUT2D eigenvalue weighted by Gasteiger charge is -2.21. The van der Waals surface area contributed by atoms with Crippen molar-refractivity contribution in [3.63, 3.8) is 0 Å². The molecule has 1 aromatic heterocycles. The van der Waals surface area contributed by atoms with E-state index in [9.17, 15) is 14.4 Å². The van der Waals surface area contributed by atoms with Gasteiger partial charge in [0.05, 0.1) is 0 Å². The monoisotopic (exact) mass is 479 g/mol. The highest BCUT2D eigenvalue weighted by atomic mass is 32.1. The molecule has 2 aromatic carbocycles. The normalized spacial score (nSPS) is 13.0. The van der Waals surface area contributed by atoms with Gasteiger partial charge in [-0.2, -0.15) is 0 Å². The van der Waals surface area contributed by atoms with Gasteiger partial charge in [-0.1, -0.05) is 48.5 Å². The minimum absolute atomic E-state index is 0.0267. The van der Waals surface area contributed by atoms with E-state index in [1.807, 2.05) is 24.3 Å². The molecule has 8 nitrogen and oxygen atoms in total. The number of carbonyl (C=O) groups excluding carboxylic acids is 2. The first-order valence-electron chi connectivity index (χ1n) is 10.9. The van der Waals surface area contributed by atoms with Gasteiger partial charge in [0.25, 0.3) is 0 Å². The van der Waals surface area contributed by atoms with E-state index in [2.05, 4.69) is 34.6 Å². The van der Waals surface area contributed by atoms with Crippen LogP contribution in [-0.2, 0) is 20.7 Å².